The quantitative estimate of drug-likeness (QED) is 0.0544. The minimum Gasteiger partial charge on any atom is -0.506 e. The van der Waals surface area contributed by atoms with Crippen molar-refractivity contribution in [3.05, 3.63) is 111 Å². The molecule has 3 atom stereocenters. The number of nitrogens with one attached hydrogen (secondary N) is 2. The number of nitrogens with zero attached hydrogens (tertiary/aromatic N) is 2. The first-order chi connectivity index (χ1) is 28.1. The number of ether oxygens (including phenoxy) is 2. The van der Waals surface area contributed by atoms with Crippen molar-refractivity contribution < 1.29 is 38.5 Å². The first-order valence-corrected chi connectivity index (χ1v) is 23.6. The Balaban J connectivity index is 1.32. The second kappa shape index (κ2) is 18.7. The highest BCUT2D eigenvalue weighted by Gasteiger charge is 2.44. The van der Waals surface area contributed by atoms with Crippen LogP contribution >= 0.6 is 0 Å². The van der Waals surface area contributed by atoms with E-state index in [1.807, 2.05) is 7.05 Å². The van der Waals surface area contributed by atoms with Crippen molar-refractivity contribution in [2.45, 2.75) is 102 Å². The highest BCUT2D eigenvalue weighted by Crippen LogP contribution is 2.42. The SMILES string of the molecule is CN1CCC(OC(=O)C(O)(c2ccccc2)c2cccc(C(=O)NCCCCN(CC(O[Si](C)(C)C(C)(C)C)c3ccc(O)c4[nH]c(=O)ccc34)C(=O)OC(C)(C)C)c2)C1. The van der Waals surface area contributed by atoms with Crippen LogP contribution in [0.15, 0.2) is 83.7 Å². The Hall–Kier alpha value is -5.02. The summed E-state index contributed by atoms with van der Waals surface area (Å²) in [7, 11) is -0.508. The van der Waals surface area contributed by atoms with Gasteiger partial charge in [0.1, 0.15) is 17.5 Å². The van der Waals surface area contributed by atoms with Crippen LogP contribution in [0.1, 0.15) is 94.0 Å². The Bertz CT molecular complexity index is 2200. The highest BCUT2D eigenvalue weighted by molar-refractivity contribution is 6.74. The number of aliphatic hydroxyl groups is 1. The van der Waals surface area contributed by atoms with Gasteiger partial charge < -0.3 is 44.2 Å². The Kier molecular flexibility index (Phi) is 14.4. The zero-order valence-corrected chi connectivity index (χ0v) is 37.5. The molecule has 4 N–H and O–H groups in total. The zero-order valence-electron chi connectivity index (χ0n) is 36.5. The van der Waals surface area contributed by atoms with E-state index in [0.29, 0.717) is 42.3 Å². The van der Waals surface area contributed by atoms with Crippen molar-refractivity contribution in [3.8, 4) is 5.75 Å². The Morgan fingerprint density at radius 2 is 1.65 bits per heavy atom. The Morgan fingerprint density at radius 3 is 2.30 bits per heavy atom. The largest absolute Gasteiger partial charge is 0.506 e. The normalized spacial score (nSPS) is 16.5. The number of likely N-dealkylation sites (tertiary alicyclic amines) is 1. The predicted octanol–water partition coefficient (Wildman–Crippen LogP) is 7.23. The first-order valence-electron chi connectivity index (χ1n) is 20.7. The molecule has 60 heavy (non-hydrogen) atoms. The third-order valence-electron chi connectivity index (χ3n) is 11.3. The van der Waals surface area contributed by atoms with E-state index in [0.717, 1.165) is 6.54 Å². The van der Waals surface area contributed by atoms with Gasteiger partial charge in [0.05, 0.1) is 18.2 Å². The average Bonchev–Trinajstić information content (AvgIpc) is 3.59. The van der Waals surface area contributed by atoms with Crippen LogP contribution in [-0.2, 0) is 24.3 Å². The molecule has 1 saturated heterocycles. The molecule has 13 nitrogen and oxygen atoms in total. The number of benzene rings is 3. The van der Waals surface area contributed by atoms with E-state index in [9.17, 15) is 29.4 Å². The number of amides is 2. The van der Waals surface area contributed by atoms with Gasteiger partial charge in [-0.2, -0.15) is 0 Å². The molecule has 1 aliphatic heterocycles. The molecule has 14 heteroatoms. The van der Waals surface area contributed by atoms with Gasteiger partial charge in [0.2, 0.25) is 11.2 Å². The summed E-state index contributed by atoms with van der Waals surface area (Å²) in [6, 6.07) is 21.3. The number of rotatable bonds is 15. The van der Waals surface area contributed by atoms with Crippen LogP contribution in [0, 0.1) is 0 Å². The van der Waals surface area contributed by atoms with Crippen molar-refractivity contribution in [3.63, 3.8) is 0 Å². The maximum atomic E-state index is 13.8. The summed E-state index contributed by atoms with van der Waals surface area (Å²) < 4.78 is 18.7. The topological polar surface area (TPSA) is 171 Å². The van der Waals surface area contributed by atoms with Crippen molar-refractivity contribution in [2.75, 3.05) is 39.8 Å². The number of esters is 1. The Labute approximate surface area is 354 Å². The standard InChI is InChI=1S/C46H62N4O9Si/c1-44(2,3)58-43(55)50(30-38(59-60(8,9)45(4,5)6)35-20-22-37(51)40-36(35)21-23-39(52)48-40)26-14-13-25-47-41(53)31-16-15-19-33(28-31)46(56,32-17-11-10-12-18-32)42(54)57-34-24-27-49(7)29-34/h10-12,15-23,28,34,38,51,56H,13-14,24-27,29-30H2,1-9H3,(H,47,53)(H,48,52). The smallest absolute Gasteiger partial charge is 0.410 e. The molecule has 4 aromatic rings. The number of phenols is 1. The number of unbranched alkanes of at least 4 members (excludes halogenated alkanes) is 1. The van der Waals surface area contributed by atoms with Crippen molar-refractivity contribution in [1.29, 1.82) is 0 Å². The molecule has 0 radical (unpaired) electrons. The van der Waals surface area contributed by atoms with Gasteiger partial charge in [-0.1, -0.05) is 69.3 Å². The molecular formula is C46H62N4O9Si. The molecule has 3 unspecified atom stereocenters. The van der Waals surface area contributed by atoms with Crippen LogP contribution in [0.25, 0.3) is 10.9 Å². The second-order valence-corrected chi connectivity index (χ2v) is 23.0. The fourth-order valence-electron chi connectivity index (χ4n) is 6.98. The second-order valence-electron chi connectivity index (χ2n) is 18.3. The molecule has 0 aliphatic carbocycles. The molecule has 2 amide bonds. The number of carbonyl (C=O) groups excluding carboxylic acids is 3. The number of hydrogen-bond donors (Lipinski definition) is 4. The van der Waals surface area contributed by atoms with Gasteiger partial charge in [-0.25, -0.2) is 9.59 Å². The number of carbonyl (C=O) groups is 3. The van der Waals surface area contributed by atoms with Crippen LogP contribution < -0.4 is 10.9 Å². The lowest BCUT2D eigenvalue weighted by atomic mass is 9.85. The molecule has 1 aliphatic rings. The molecule has 1 aromatic heterocycles. The predicted molar refractivity (Wildman–Crippen MR) is 235 cm³/mol. The molecule has 0 bridgehead atoms. The van der Waals surface area contributed by atoms with E-state index in [1.165, 1.54) is 18.2 Å². The van der Waals surface area contributed by atoms with Crippen LogP contribution in [0.5, 0.6) is 5.75 Å². The lowest BCUT2D eigenvalue weighted by Gasteiger charge is -2.41. The van der Waals surface area contributed by atoms with E-state index in [4.69, 9.17) is 13.9 Å². The number of H-pyrrole nitrogens is 1. The van der Waals surface area contributed by atoms with Gasteiger partial charge in [0.15, 0.2) is 8.32 Å². The number of likely N-dealkylation sites (N-methyl/N-ethyl adjacent to an activating group) is 1. The summed E-state index contributed by atoms with van der Waals surface area (Å²) in [6.45, 7) is 18.1. The Morgan fingerprint density at radius 1 is 0.950 bits per heavy atom. The summed E-state index contributed by atoms with van der Waals surface area (Å²) in [5.41, 5.74) is -1.45. The number of phenolic OH excluding ortho intramolecular Hbond substituents is 1. The van der Waals surface area contributed by atoms with Gasteiger partial charge in [0, 0.05) is 48.8 Å². The molecule has 0 spiro atoms. The number of pyridine rings is 1. The van der Waals surface area contributed by atoms with Gasteiger partial charge in [-0.3, -0.25) is 9.59 Å². The molecule has 3 aromatic carbocycles. The maximum Gasteiger partial charge on any atom is 0.410 e. The summed E-state index contributed by atoms with van der Waals surface area (Å²) in [4.78, 5) is 59.7. The first kappa shape index (κ1) is 46.1. The van der Waals surface area contributed by atoms with E-state index in [1.54, 1.807) is 86.3 Å². The number of aromatic amines is 1. The number of fused-ring (bicyclic) bond motifs is 1. The van der Waals surface area contributed by atoms with Crippen LogP contribution in [0.4, 0.5) is 4.79 Å². The van der Waals surface area contributed by atoms with E-state index in [-0.39, 0.29) is 64.6 Å². The minimum atomic E-state index is -2.46. The summed E-state index contributed by atoms with van der Waals surface area (Å²) in [5.74, 6) is -1.26. The fourth-order valence-corrected chi connectivity index (χ4v) is 8.25. The third-order valence-corrected chi connectivity index (χ3v) is 15.8. The monoisotopic (exact) mass is 842 g/mol. The van der Waals surface area contributed by atoms with Gasteiger partial charge in [-0.05, 0) is 101 Å². The lowest BCUT2D eigenvalue weighted by molar-refractivity contribution is -0.167. The molecule has 0 saturated carbocycles. The molecule has 1 fully saturated rings. The molecule has 5 rings (SSSR count). The summed E-state index contributed by atoms with van der Waals surface area (Å²) in [5, 5.41) is 26.1. The van der Waals surface area contributed by atoms with Gasteiger partial charge in [-0.15, -0.1) is 0 Å². The number of aromatic hydroxyl groups is 1. The van der Waals surface area contributed by atoms with E-state index in [2.05, 4.69) is 49.1 Å². The minimum absolute atomic E-state index is 0.0720. The number of hydrogen-bond acceptors (Lipinski definition) is 10. The van der Waals surface area contributed by atoms with Crippen LogP contribution in [0.3, 0.4) is 0 Å². The van der Waals surface area contributed by atoms with E-state index >= 15 is 0 Å². The van der Waals surface area contributed by atoms with Crippen LogP contribution in [-0.4, -0.2) is 103 Å². The van der Waals surface area contributed by atoms with Gasteiger partial charge in [0.25, 0.3) is 5.91 Å². The van der Waals surface area contributed by atoms with Crippen molar-refractivity contribution in [1.82, 2.24) is 20.1 Å². The zero-order chi connectivity index (χ0) is 44.0. The summed E-state index contributed by atoms with van der Waals surface area (Å²) in [6.07, 6.45) is 0.170. The molecule has 324 valence electrons. The molecular weight excluding hydrogens is 781 g/mol. The van der Waals surface area contributed by atoms with Crippen molar-refractivity contribution in [2.24, 2.45) is 0 Å². The lowest BCUT2D eigenvalue weighted by Crippen LogP contribution is -2.46. The van der Waals surface area contributed by atoms with Gasteiger partial charge >= 0.3 is 12.1 Å². The van der Waals surface area contributed by atoms with E-state index < -0.39 is 37.7 Å². The van der Waals surface area contributed by atoms with Crippen molar-refractivity contribution >= 4 is 37.2 Å². The van der Waals surface area contributed by atoms with Crippen LogP contribution in [0.2, 0.25) is 18.1 Å². The number of aromatic nitrogens is 1. The maximum absolute atomic E-state index is 13.8. The highest BCUT2D eigenvalue weighted by atomic mass is 28.4. The average molecular weight is 843 g/mol. The third kappa shape index (κ3) is 11.2. The fraction of sp³-hybridized carbons (Fsp3) is 0.478. The molecule has 2 heterocycles. The summed E-state index contributed by atoms with van der Waals surface area (Å²) >= 11 is 0.